The van der Waals surface area contributed by atoms with Crippen molar-refractivity contribution in [2.45, 2.75) is 121 Å². The van der Waals surface area contributed by atoms with Gasteiger partial charge in [-0.2, -0.15) is 0 Å². The van der Waals surface area contributed by atoms with Gasteiger partial charge in [0.1, 0.15) is 0 Å². The number of carboxylic acids is 1. The van der Waals surface area contributed by atoms with Crippen LogP contribution in [0.1, 0.15) is 96.8 Å². The Kier molecular flexibility index (Phi) is 12.9. The van der Waals surface area contributed by atoms with E-state index < -0.39 is 17.9 Å². The average molecular weight is 509 g/mol. The topological polar surface area (TPSA) is 94.5 Å². The molecule has 1 saturated carbocycles. The molecule has 206 valence electrons. The number of aliphatic hydroxyl groups excluding tert-OH is 1. The van der Waals surface area contributed by atoms with E-state index in [0.29, 0.717) is 26.1 Å². The highest BCUT2D eigenvalue weighted by Crippen LogP contribution is 2.40. The van der Waals surface area contributed by atoms with Crippen LogP contribution in [-0.2, 0) is 23.7 Å². The monoisotopic (exact) mass is 508 g/mol. The molecule has 2 heterocycles. The largest absolute Gasteiger partial charge is 0.481 e. The third kappa shape index (κ3) is 9.56. The summed E-state index contributed by atoms with van der Waals surface area (Å²) in [5.74, 6) is -1.39. The third-order valence-electron chi connectivity index (χ3n) is 7.67. The van der Waals surface area contributed by atoms with Gasteiger partial charge in [0, 0.05) is 31.8 Å². The lowest BCUT2D eigenvalue weighted by Gasteiger charge is -2.30. The van der Waals surface area contributed by atoms with Crippen LogP contribution in [0.25, 0.3) is 0 Å². The molecule has 0 aromatic carbocycles. The molecule has 2 aliphatic heterocycles. The van der Waals surface area contributed by atoms with Crippen molar-refractivity contribution in [3.63, 3.8) is 0 Å². The van der Waals surface area contributed by atoms with Crippen LogP contribution in [-0.4, -0.2) is 60.3 Å². The first-order chi connectivity index (χ1) is 17.5. The molecular weight excluding hydrogens is 460 g/mol. The van der Waals surface area contributed by atoms with E-state index in [4.69, 9.17) is 24.1 Å². The predicted molar refractivity (Wildman–Crippen MR) is 138 cm³/mol. The Balaban J connectivity index is 1.65. The minimum atomic E-state index is -0.764. The van der Waals surface area contributed by atoms with E-state index in [1.807, 2.05) is 6.08 Å². The van der Waals surface area contributed by atoms with Crippen molar-refractivity contribution in [3.8, 4) is 0 Å². The molecule has 0 spiro atoms. The number of aliphatic carboxylic acids is 1. The maximum atomic E-state index is 11.0. The summed E-state index contributed by atoms with van der Waals surface area (Å²) in [5, 5.41) is 19.8. The van der Waals surface area contributed by atoms with Gasteiger partial charge in [0.25, 0.3) is 0 Å². The second-order valence-corrected chi connectivity index (χ2v) is 10.5. The van der Waals surface area contributed by atoms with Gasteiger partial charge in [-0.3, -0.25) is 4.79 Å². The highest BCUT2D eigenvalue weighted by Gasteiger charge is 2.43. The number of carbonyl (C=O) groups is 1. The molecule has 0 bridgehead atoms. The Morgan fingerprint density at radius 3 is 2.58 bits per heavy atom. The lowest BCUT2D eigenvalue weighted by molar-refractivity contribution is -0.193. The van der Waals surface area contributed by atoms with Crippen molar-refractivity contribution in [3.05, 3.63) is 24.3 Å². The molecule has 3 aliphatic rings. The van der Waals surface area contributed by atoms with Gasteiger partial charge in [-0.25, -0.2) is 0 Å². The fourth-order valence-electron chi connectivity index (χ4n) is 5.61. The summed E-state index contributed by atoms with van der Waals surface area (Å²) in [5.41, 5.74) is 0. The predicted octanol–water partition coefficient (Wildman–Crippen LogP) is 5.76. The summed E-state index contributed by atoms with van der Waals surface area (Å²) in [7, 11) is 0. The second-order valence-electron chi connectivity index (χ2n) is 10.5. The summed E-state index contributed by atoms with van der Waals surface area (Å²) in [6, 6.07) is 0. The van der Waals surface area contributed by atoms with Gasteiger partial charge in [0.2, 0.25) is 0 Å². The van der Waals surface area contributed by atoms with E-state index in [0.717, 1.165) is 51.6 Å². The van der Waals surface area contributed by atoms with Crippen molar-refractivity contribution in [2.75, 3.05) is 19.8 Å². The van der Waals surface area contributed by atoms with E-state index in [1.54, 1.807) is 0 Å². The molecule has 3 fully saturated rings. The summed E-state index contributed by atoms with van der Waals surface area (Å²) in [6.45, 7) is 4.16. The SMILES string of the molecule is CCCCCCCC1(/C=C/[C@@H]2[C@@H](C/C=C\CCCC(=O)O)[C@@H](O)C[C@H]2OC2CCCCO2)OCCO1. The number of hydrogen-bond donors (Lipinski definition) is 2. The lowest BCUT2D eigenvalue weighted by Crippen LogP contribution is -2.32. The van der Waals surface area contributed by atoms with E-state index in [2.05, 4.69) is 25.2 Å². The Hall–Kier alpha value is -1.25. The number of carboxylic acid groups (broad SMARTS) is 1. The molecule has 3 rings (SSSR count). The zero-order valence-electron chi connectivity index (χ0n) is 22.2. The zero-order chi connectivity index (χ0) is 25.6. The molecule has 2 saturated heterocycles. The maximum absolute atomic E-state index is 11.0. The van der Waals surface area contributed by atoms with Crippen molar-refractivity contribution in [1.29, 1.82) is 0 Å². The first-order valence-corrected chi connectivity index (χ1v) is 14.3. The maximum Gasteiger partial charge on any atom is 0.303 e. The quantitative estimate of drug-likeness (QED) is 0.202. The van der Waals surface area contributed by atoms with Crippen molar-refractivity contribution in [2.24, 2.45) is 11.8 Å². The summed E-state index contributed by atoms with van der Waals surface area (Å²) in [6.07, 6.45) is 20.3. The van der Waals surface area contributed by atoms with Gasteiger partial charge in [0.15, 0.2) is 12.1 Å². The molecule has 7 heteroatoms. The summed E-state index contributed by atoms with van der Waals surface area (Å²) in [4.78, 5) is 10.7. The first kappa shape index (κ1) is 29.3. The van der Waals surface area contributed by atoms with Gasteiger partial charge in [-0.1, -0.05) is 50.8 Å². The Bertz CT molecular complexity index is 679. The fourth-order valence-corrected chi connectivity index (χ4v) is 5.61. The smallest absolute Gasteiger partial charge is 0.303 e. The van der Waals surface area contributed by atoms with Gasteiger partial charge < -0.3 is 29.2 Å². The van der Waals surface area contributed by atoms with E-state index >= 15 is 0 Å². The molecule has 1 unspecified atom stereocenters. The normalized spacial score (nSPS) is 30.6. The number of allylic oxidation sites excluding steroid dienone is 2. The third-order valence-corrected chi connectivity index (χ3v) is 7.67. The molecule has 5 atom stereocenters. The van der Waals surface area contributed by atoms with Crippen molar-refractivity contribution < 1.29 is 34.0 Å². The van der Waals surface area contributed by atoms with Crippen molar-refractivity contribution >= 4 is 5.97 Å². The Morgan fingerprint density at radius 1 is 1.06 bits per heavy atom. The zero-order valence-corrected chi connectivity index (χ0v) is 22.2. The number of unbranched alkanes of at least 4 members (excludes halogenated alkanes) is 5. The van der Waals surface area contributed by atoms with Crippen LogP contribution in [0.2, 0.25) is 0 Å². The van der Waals surface area contributed by atoms with Crippen LogP contribution in [0.3, 0.4) is 0 Å². The number of rotatable bonds is 16. The number of ether oxygens (including phenoxy) is 4. The van der Waals surface area contributed by atoms with Crippen LogP contribution >= 0.6 is 0 Å². The first-order valence-electron chi connectivity index (χ1n) is 14.3. The lowest BCUT2D eigenvalue weighted by atomic mass is 9.89. The summed E-state index contributed by atoms with van der Waals surface area (Å²) < 4.78 is 24.5. The van der Waals surface area contributed by atoms with E-state index in [9.17, 15) is 9.90 Å². The van der Waals surface area contributed by atoms with Crippen LogP contribution < -0.4 is 0 Å². The van der Waals surface area contributed by atoms with Crippen LogP contribution in [0.15, 0.2) is 24.3 Å². The molecule has 2 N–H and O–H groups in total. The minimum absolute atomic E-state index is 0.0218. The van der Waals surface area contributed by atoms with Crippen LogP contribution in [0.4, 0.5) is 0 Å². The fraction of sp³-hybridized carbons (Fsp3) is 0.828. The molecule has 7 nitrogen and oxygen atoms in total. The molecule has 0 aromatic heterocycles. The van der Waals surface area contributed by atoms with Crippen LogP contribution in [0.5, 0.6) is 0 Å². The standard InChI is InChI=1S/C29H48O7/c1-2-3-4-7-11-17-29(34-20-21-35-29)18-16-24-23(13-8-5-6-9-14-27(31)32)25(30)22-26(24)36-28-15-10-12-19-33-28/h5,8,16,18,23-26,28,30H,2-4,6-7,9-15,17,19-22H2,1H3,(H,31,32)/b8-5-,18-16+/t23-,24-,25+,26-,28?/m1/s1. The molecule has 0 aromatic rings. The second kappa shape index (κ2) is 15.9. The number of hydrogen-bond acceptors (Lipinski definition) is 6. The van der Waals surface area contributed by atoms with Gasteiger partial charge in [-0.15, -0.1) is 0 Å². The highest BCUT2D eigenvalue weighted by molar-refractivity contribution is 5.66. The van der Waals surface area contributed by atoms with Crippen molar-refractivity contribution in [1.82, 2.24) is 0 Å². The molecule has 0 amide bonds. The van der Waals surface area contributed by atoms with Gasteiger partial charge in [-0.05, 0) is 56.9 Å². The molecule has 0 radical (unpaired) electrons. The molecular formula is C29H48O7. The Labute approximate surface area is 217 Å². The van der Waals surface area contributed by atoms with Gasteiger partial charge >= 0.3 is 5.97 Å². The Morgan fingerprint density at radius 2 is 1.86 bits per heavy atom. The highest BCUT2D eigenvalue weighted by atomic mass is 16.7. The van der Waals surface area contributed by atoms with E-state index in [1.165, 1.54) is 25.7 Å². The molecule has 36 heavy (non-hydrogen) atoms. The van der Waals surface area contributed by atoms with Crippen LogP contribution in [0, 0.1) is 11.8 Å². The van der Waals surface area contributed by atoms with Gasteiger partial charge in [0.05, 0.1) is 25.4 Å². The summed E-state index contributed by atoms with van der Waals surface area (Å²) >= 11 is 0. The van der Waals surface area contributed by atoms with E-state index in [-0.39, 0.29) is 30.7 Å². The number of aliphatic hydroxyl groups is 1. The molecule has 1 aliphatic carbocycles. The minimum Gasteiger partial charge on any atom is -0.481 e. The average Bonchev–Trinajstić information content (AvgIpc) is 3.45.